The number of ketones is 1. The second-order valence-corrected chi connectivity index (χ2v) is 2.92. The molecule has 13 heavy (non-hydrogen) atoms. The summed E-state index contributed by atoms with van der Waals surface area (Å²) >= 11 is 0. The molecule has 0 aliphatic carbocycles. The molecule has 0 radical (unpaired) electrons. The summed E-state index contributed by atoms with van der Waals surface area (Å²) in [4.78, 5) is 11.2. The molecule has 1 rings (SSSR count). The van der Waals surface area contributed by atoms with Crippen molar-refractivity contribution < 1.29 is 9.21 Å². The quantitative estimate of drug-likeness (QED) is 0.648. The molecule has 1 heterocycles. The van der Waals surface area contributed by atoms with Crippen molar-refractivity contribution in [3.63, 3.8) is 0 Å². The van der Waals surface area contributed by atoms with Gasteiger partial charge in [-0.1, -0.05) is 13.3 Å². The SMILES string of the molecule is CCCCC(=O)/C=C\c1ccco1. The Morgan fingerprint density at radius 1 is 1.62 bits per heavy atom. The van der Waals surface area contributed by atoms with Gasteiger partial charge in [0, 0.05) is 6.42 Å². The number of rotatable bonds is 5. The Hall–Kier alpha value is -1.31. The molecule has 70 valence electrons. The molecule has 0 aromatic carbocycles. The van der Waals surface area contributed by atoms with Crippen LogP contribution in [-0.4, -0.2) is 5.78 Å². The van der Waals surface area contributed by atoms with Crippen LogP contribution >= 0.6 is 0 Å². The first kappa shape index (κ1) is 9.78. The summed E-state index contributed by atoms with van der Waals surface area (Å²) in [6, 6.07) is 3.62. The van der Waals surface area contributed by atoms with Gasteiger partial charge in [0.1, 0.15) is 5.76 Å². The van der Waals surface area contributed by atoms with Crippen LogP contribution < -0.4 is 0 Å². The van der Waals surface area contributed by atoms with Crippen LogP contribution in [0.1, 0.15) is 31.9 Å². The van der Waals surface area contributed by atoms with Crippen LogP contribution in [0.15, 0.2) is 28.9 Å². The summed E-state index contributed by atoms with van der Waals surface area (Å²) in [5.41, 5.74) is 0. The molecule has 2 heteroatoms. The maximum Gasteiger partial charge on any atom is 0.155 e. The Morgan fingerprint density at radius 3 is 3.08 bits per heavy atom. The summed E-state index contributed by atoms with van der Waals surface area (Å²) in [5.74, 6) is 0.892. The van der Waals surface area contributed by atoms with Crippen molar-refractivity contribution >= 4 is 11.9 Å². The first-order valence-electron chi connectivity index (χ1n) is 4.57. The molecule has 0 unspecified atom stereocenters. The van der Waals surface area contributed by atoms with Gasteiger partial charge in [0.15, 0.2) is 5.78 Å². The lowest BCUT2D eigenvalue weighted by Crippen LogP contribution is -1.90. The smallest absolute Gasteiger partial charge is 0.155 e. The van der Waals surface area contributed by atoms with Crippen molar-refractivity contribution in [1.29, 1.82) is 0 Å². The average molecular weight is 178 g/mol. The van der Waals surface area contributed by atoms with Gasteiger partial charge in [-0.3, -0.25) is 4.79 Å². The molecule has 0 aliphatic heterocycles. The third-order valence-electron chi connectivity index (χ3n) is 1.75. The molecule has 0 fully saturated rings. The number of allylic oxidation sites excluding steroid dienone is 1. The highest BCUT2D eigenvalue weighted by Crippen LogP contribution is 2.03. The molecule has 1 aromatic rings. The third kappa shape index (κ3) is 3.74. The first-order valence-corrected chi connectivity index (χ1v) is 4.57. The number of unbranched alkanes of at least 4 members (excludes halogenated alkanes) is 1. The maximum atomic E-state index is 11.2. The Morgan fingerprint density at radius 2 is 2.46 bits per heavy atom. The summed E-state index contributed by atoms with van der Waals surface area (Å²) in [6.07, 6.45) is 7.53. The van der Waals surface area contributed by atoms with Gasteiger partial charge in [-0.15, -0.1) is 0 Å². The van der Waals surface area contributed by atoms with E-state index < -0.39 is 0 Å². The van der Waals surface area contributed by atoms with Gasteiger partial charge in [-0.25, -0.2) is 0 Å². The molecule has 0 aliphatic rings. The monoisotopic (exact) mass is 178 g/mol. The minimum Gasteiger partial charge on any atom is -0.465 e. The van der Waals surface area contributed by atoms with Gasteiger partial charge in [0.2, 0.25) is 0 Å². The molecule has 0 atom stereocenters. The van der Waals surface area contributed by atoms with E-state index in [2.05, 4.69) is 6.92 Å². The molecule has 0 saturated heterocycles. The van der Waals surface area contributed by atoms with E-state index in [0.29, 0.717) is 6.42 Å². The zero-order valence-electron chi connectivity index (χ0n) is 7.82. The Balaban J connectivity index is 2.35. The highest BCUT2D eigenvalue weighted by molar-refractivity contribution is 5.93. The topological polar surface area (TPSA) is 30.2 Å². The molecule has 1 aromatic heterocycles. The van der Waals surface area contributed by atoms with Crippen molar-refractivity contribution in [2.75, 3.05) is 0 Å². The van der Waals surface area contributed by atoms with Crippen LogP contribution in [0.25, 0.3) is 6.08 Å². The molecular weight excluding hydrogens is 164 g/mol. The zero-order valence-corrected chi connectivity index (χ0v) is 7.82. The normalized spacial score (nSPS) is 10.8. The van der Waals surface area contributed by atoms with E-state index in [1.165, 1.54) is 0 Å². The highest BCUT2D eigenvalue weighted by Gasteiger charge is 1.95. The lowest BCUT2D eigenvalue weighted by Gasteiger charge is -1.90. The van der Waals surface area contributed by atoms with Gasteiger partial charge in [-0.2, -0.15) is 0 Å². The molecule has 0 saturated carbocycles. The van der Waals surface area contributed by atoms with Crippen LogP contribution in [0.2, 0.25) is 0 Å². The van der Waals surface area contributed by atoms with Crippen LogP contribution in [-0.2, 0) is 4.79 Å². The second kappa shape index (κ2) is 5.36. The molecule has 0 amide bonds. The number of carbonyl (C=O) groups is 1. The van der Waals surface area contributed by atoms with Gasteiger partial charge in [-0.05, 0) is 30.7 Å². The van der Waals surface area contributed by atoms with Crippen LogP contribution in [0.3, 0.4) is 0 Å². The van der Waals surface area contributed by atoms with Gasteiger partial charge >= 0.3 is 0 Å². The van der Waals surface area contributed by atoms with Crippen molar-refractivity contribution in [3.05, 3.63) is 30.2 Å². The molecule has 0 N–H and O–H groups in total. The second-order valence-electron chi connectivity index (χ2n) is 2.92. The standard InChI is InChI=1S/C11H14O2/c1-2-3-5-10(12)7-8-11-6-4-9-13-11/h4,6-9H,2-3,5H2,1H3/b8-7-. The fraction of sp³-hybridized carbons (Fsp3) is 0.364. The Labute approximate surface area is 78.3 Å². The third-order valence-corrected chi connectivity index (χ3v) is 1.75. The number of furan rings is 1. The van der Waals surface area contributed by atoms with Crippen LogP contribution in [0, 0.1) is 0 Å². The summed E-state index contributed by atoms with van der Waals surface area (Å²) in [7, 11) is 0. The van der Waals surface area contributed by atoms with Crippen molar-refractivity contribution in [2.24, 2.45) is 0 Å². The number of hydrogen-bond acceptors (Lipinski definition) is 2. The molecule has 0 spiro atoms. The Kier molecular flexibility index (Phi) is 4.03. The van der Waals surface area contributed by atoms with E-state index >= 15 is 0 Å². The van der Waals surface area contributed by atoms with Crippen molar-refractivity contribution in [3.8, 4) is 0 Å². The Bertz CT molecular complexity index is 270. The van der Waals surface area contributed by atoms with E-state index in [4.69, 9.17) is 4.42 Å². The number of carbonyl (C=O) groups excluding carboxylic acids is 1. The van der Waals surface area contributed by atoms with Crippen LogP contribution in [0.5, 0.6) is 0 Å². The van der Waals surface area contributed by atoms with Crippen molar-refractivity contribution in [1.82, 2.24) is 0 Å². The predicted molar refractivity (Wildman–Crippen MR) is 52.3 cm³/mol. The fourth-order valence-electron chi connectivity index (χ4n) is 0.996. The maximum absolute atomic E-state index is 11.2. The minimum absolute atomic E-state index is 0.165. The minimum atomic E-state index is 0.165. The summed E-state index contributed by atoms with van der Waals surface area (Å²) in [5, 5.41) is 0. The highest BCUT2D eigenvalue weighted by atomic mass is 16.3. The van der Waals surface area contributed by atoms with Gasteiger partial charge < -0.3 is 4.42 Å². The molecular formula is C11H14O2. The molecule has 0 bridgehead atoms. The van der Waals surface area contributed by atoms with E-state index in [0.717, 1.165) is 18.6 Å². The van der Waals surface area contributed by atoms with E-state index in [9.17, 15) is 4.79 Å². The van der Waals surface area contributed by atoms with Gasteiger partial charge in [0.25, 0.3) is 0 Å². The fourth-order valence-corrected chi connectivity index (χ4v) is 0.996. The van der Waals surface area contributed by atoms with Crippen molar-refractivity contribution in [2.45, 2.75) is 26.2 Å². The van der Waals surface area contributed by atoms with E-state index in [-0.39, 0.29) is 5.78 Å². The summed E-state index contributed by atoms with van der Waals surface area (Å²) < 4.78 is 5.05. The zero-order chi connectivity index (χ0) is 9.52. The predicted octanol–water partition coefficient (Wildman–Crippen LogP) is 3.05. The van der Waals surface area contributed by atoms with Crippen LogP contribution in [0.4, 0.5) is 0 Å². The lowest BCUT2D eigenvalue weighted by atomic mass is 10.2. The number of hydrogen-bond donors (Lipinski definition) is 0. The van der Waals surface area contributed by atoms with E-state index in [1.807, 2.05) is 6.07 Å². The van der Waals surface area contributed by atoms with E-state index in [1.54, 1.807) is 24.5 Å². The first-order chi connectivity index (χ1) is 6.33. The van der Waals surface area contributed by atoms with Gasteiger partial charge in [0.05, 0.1) is 6.26 Å². The largest absolute Gasteiger partial charge is 0.465 e. The summed E-state index contributed by atoms with van der Waals surface area (Å²) in [6.45, 7) is 2.07. The average Bonchev–Trinajstić information content (AvgIpc) is 2.64. The lowest BCUT2D eigenvalue weighted by molar-refractivity contribution is -0.114. The molecule has 2 nitrogen and oxygen atoms in total.